The number of halogens is 1. The van der Waals surface area contributed by atoms with Gasteiger partial charge in [-0.1, -0.05) is 0 Å². The zero-order valence-electron chi connectivity index (χ0n) is 8.50. The normalized spacial score (nSPS) is 27.3. The third kappa shape index (κ3) is 1.95. The summed E-state index contributed by atoms with van der Waals surface area (Å²) in [5, 5.41) is 10.5. The fourth-order valence-corrected chi connectivity index (χ4v) is 2.63. The van der Waals surface area contributed by atoms with E-state index in [9.17, 15) is 4.79 Å². The number of carbonyl (C=O) groups is 1. The fraction of sp³-hybridized carbons (Fsp3) is 0.200. The Labute approximate surface area is 106 Å². The molecule has 2 rings (SSSR count). The van der Waals surface area contributed by atoms with E-state index in [1.807, 2.05) is 6.07 Å². The number of aliphatic imine (C=N–C) groups is 1. The summed E-state index contributed by atoms with van der Waals surface area (Å²) in [4.78, 5) is 18.1. The van der Waals surface area contributed by atoms with Crippen LogP contribution in [0.25, 0.3) is 0 Å². The highest BCUT2D eigenvalue weighted by Gasteiger charge is 2.44. The summed E-state index contributed by atoms with van der Waals surface area (Å²) in [6.07, 6.45) is 2.76. The Kier molecular flexibility index (Phi) is 2.96. The number of carbonyl (C=O) groups excluding carboxylic acids is 1. The molecule has 0 aromatic carbocycles. The minimum Gasteiger partial charge on any atom is -0.368 e. The molecule has 2 heterocycles. The first-order valence-electron chi connectivity index (χ1n) is 4.61. The van der Waals surface area contributed by atoms with Crippen molar-refractivity contribution >= 4 is 35.1 Å². The Balaban J connectivity index is 2.54. The van der Waals surface area contributed by atoms with Gasteiger partial charge in [0, 0.05) is 11.6 Å². The van der Waals surface area contributed by atoms with Gasteiger partial charge >= 0.3 is 0 Å². The minimum atomic E-state index is -1.27. The second-order valence-corrected chi connectivity index (χ2v) is 4.78. The molecule has 7 heteroatoms. The molecule has 0 aliphatic carbocycles. The highest BCUT2D eigenvalue weighted by molar-refractivity contribution is 7.07. The number of dihydropyridines is 1. The summed E-state index contributed by atoms with van der Waals surface area (Å²) in [6, 6.07) is 0.976. The largest absolute Gasteiger partial charge is 0.368 e. The predicted octanol–water partition coefficient (Wildman–Crippen LogP) is 0.965. The highest BCUT2D eigenvalue weighted by atomic mass is 35.5. The number of nitrogens with zero attached hydrogens (tertiary/aromatic N) is 3. The fourth-order valence-electron chi connectivity index (χ4n) is 1.56. The lowest BCUT2D eigenvalue weighted by atomic mass is 9.91. The van der Waals surface area contributed by atoms with Gasteiger partial charge in [0.15, 0.2) is 6.04 Å². The second kappa shape index (κ2) is 4.28. The molecule has 5 nitrogen and oxygen atoms in total. The molecule has 0 bridgehead atoms. The van der Waals surface area contributed by atoms with Crippen LogP contribution in [0.4, 0.5) is 0 Å². The zero-order chi connectivity index (χ0) is 12.5. The Bertz CT molecular complexity index is 545. The Morgan fingerprint density at radius 3 is 3.00 bits per heavy atom. The summed E-state index contributed by atoms with van der Waals surface area (Å²) >= 11 is 7.72. The van der Waals surface area contributed by atoms with Crippen molar-refractivity contribution in [3.05, 3.63) is 28.2 Å². The van der Waals surface area contributed by atoms with E-state index >= 15 is 0 Å². The van der Waals surface area contributed by atoms with Crippen molar-refractivity contribution in [3.63, 3.8) is 0 Å². The lowest BCUT2D eigenvalue weighted by molar-refractivity contribution is -0.119. The number of hydrogen-bond donors (Lipinski definition) is 1. The topological polar surface area (TPSA) is 92.1 Å². The van der Waals surface area contributed by atoms with Crippen molar-refractivity contribution in [1.82, 2.24) is 4.98 Å². The van der Waals surface area contributed by atoms with E-state index in [4.69, 9.17) is 22.6 Å². The van der Waals surface area contributed by atoms with Gasteiger partial charge in [-0.3, -0.25) is 9.79 Å². The SMILES string of the molecule is N#CC1=CC(Cl)(c2cscn2)C(C(N)=O)N=C1. The smallest absolute Gasteiger partial charge is 0.244 e. The first-order valence-corrected chi connectivity index (χ1v) is 5.93. The van der Waals surface area contributed by atoms with Crippen LogP contribution >= 0.6 is 22.9 Å². The number of rotatable bonds is 2. The Hall–Kier alpha value is -1.71. The average Bonchev–Trinajstić information content (AvgIpc) is 2.82. The van der Waals surface area contributed by atoms with Crippen molar-refractivity contribution in [1.29, 1.82) is 5.26 Å². The number of allylic oxidation sites excluding steroid dienone is 1. The molecule has 0 saturated heterocycles. The van der Waals surface area contributed by atoms with Gasteiger partial charge in [0.1, 0.15) is 10.9 Å². The molecule has 1 aromatic heterocycles. The molecule has 17 heavy (non-hydrogen) atoms. The van der Waals surface area contributed by atoms with E-state index in [0.29, 0.717) is 5.69 Å². The molecule has 2 N–H and O–H groups in total. The van der Waals surface area contributed by atoms with Crippen LogP contribution in [0.2, 0.25) is 0 Å². The van der Waals surface area contributed by atoms with E-state index in [1.165, 1.54) is 23.6 Å². The molecule has 86 valence electrons. The van der Waals surface area contributed by atoms with Gasteiger partial charge in [0.2, 0.25) is 5.91 Å². The van der Waals surface area contributed by atoms with Crippen LogP contribution in [0.15, 0.2) is 27.5 Å². The number of hydrogen-bond acceptors (Lipinski definition) is 5. The summed E-state index contributed by atoms with van der Waals surface area (Å²) in [7, 11) is 0. The van der Waals surface area contributed by atoms with E-state index in [2.05, 4.69) is 9.98 Å². The Morgan fingerprint density at radius 2 is 2.47 bits per heavy atom. The van der Waals surface area contributed by atoms with Crippen LogP contribution in [0.3, 0.4) is 0 Å². The number of nitriles is 1. The second-order valence-electron chi connectivity index (χ2n) is 3.44. The van der Waals surface area contributed by atoms with Gasteiger partial charge in [-0.15, -0.1) is 22.9 Å². The number of thiazole rings is 1. The van der Waals surface area contributed by atoms with Gasteiger partial charge in [-0.2, -0.15) is 5.26 Å². The summed E-state index contributed by atoms with van der Waals surface area (Å²) in [5.74, 6) is -0.655. The maximum absolute atomic E-state index is 11.3. The highest BCUT2D eigenvalue weighted by Crippen LogP contribution is 2.38. The lowest BCUT2D eigenvalue weighted by Gasteiger charge is -2.28. The van der Waals surface area contributed by atoms with E-state index in [0.717, 1.165) is 0 Å². The maximum atomic E-state index is 11.3. The number of nitrogens with two attached hydrogens (primary N) is 1. The lowest BCUT2D eigenvalue weighted by Crippen LogP contribution is -2.43. The van der Waals surface area contributed by atoms with Crippen LogP contribution in [-0.4, -0.2) is 23.1 Å². The molecule has 0 fully saturated rings. The Morgan fingerprint density at radius 1 is 1.71 bits per heavy atom. The molecule has 0 spiro atoms. The van der Waals surface area contributed by atoms with E-state index in [-0.39, 0.29) is 5.57 Å². The molecule has 1 aliphatic heterocycles. The molecule has 0 saturated carbocycles. The van der Waals surface area contributed by atoms with Crippen molar-refractivity contribution in [2.45, 2.75) is 10.9 Å². The third-order valence-corrected chi connectivity index (χ3v) is 3.45. The molecule has 1 aliphatic rings. The molecule has 2 atom stereocenters. The van der Waals surface area contributed by atoms with Gasteiger partial charge in [0.05, 0.1) is 16.8 Å². The van der Waals surface area contributed by atoms with Crippen LogP contribution in [-0.2, 0) is 9.67 Å². The first-order chi connectivity index (χ1) is 8.08. The van der Waals surface area contributed by atoms with Crippen molar-refractivity contribution < 1.29 is 4.79 Å². The van der Waals surface area contributed by atoms with E-state index in [1.54, 1.807) is 10.9 Å². The standard InChI is InChI=1S/C10H7ClN4OS/c11-10(7-4-17-5-15-7)1-6(2-12)3-14-8(10)9(13)16/h1,3-5,8H,(H2,13,16). The van der Waals surface area contributed by atoms with Gasteiger partial charge in [-0.25, -0.2) is 4.98 Å². The summed E-state index contributed by atoms with van der Waals surface area (Å²) in [6.45, 7) is 0. The zero-order valence-corrected chi connectivity index (χ0v) is 10.1. The van der Waals surface area contributed by atoms with Crippen molar-refractivity contribution in [2.24, 2.45) is 10.7 Å². The number of amides is 1. The first kappa shape index (κ1) is 11.8. The predicted molar refractivity (Wildman–Crippen MR) is 64.8 cm³/mol. The van der Waals surface area contributed by atoms with Gasteiger partial charge in [-0.05, 0) is 6.08 Å². The maximum Gasteiger partial charge on any atom is 0.244 e. The molecule has 0 radical (unpaired) electrons. The van der Waals surface area contributed by atoms with Gasteiger partial charge < -0.3 is 5.73 Å². The summed E-state index contributed by atoms with van der Waals surface area (Å²) < 4.78 is 0. The third-order valence-electron chi connectivity index (χ3n) is 2.35. The molecule has 1 aromatic rings. The number of aromatic nitrogens is 1. The monoisotopic (exact) mass is 266 g/mol. The van der Waals surface area contributed by atoms with Crippen molar-refractivity contribution in [2.75, 3.05) is 0 Å². The molecular weight excluding hydrogens is 260 g/mol. The average molecular weight is 267 g/mol. The number of alkyl halides is 1. The quantitative estimate of drug-likeness (QED) is 0.808. The van der Waals surface area contributed by atoms with Crippen molar-refractivity contribution in [3.8, 4) is 6.07 Å². The number of primary amides is 1. The van der Waals surface area contributed by atoms with Gasteiger partial charge in [0.25, 0.3) is 0 Å². The molecule has 1 amide bonds. The van der Waals surface area contributed by atoms with Crippen LogP contribution in [0.5, 0.6) is 0 Å². The van der Waals surface area contributed by atoms with Crippen LogP contribution < -0.4 is 5.73 Å². The molecule has 2 unspecified atom stereocenters. The van der Waals surface area contributed by atoms with Crippen LogP contribution in [0.1, 0.15) is 5.69 Å². The molecular formula is C10H7ClN4OS. The van der Waals surface area contributed by atoms with E-state index < -0.39 is 16.8 Å². The summed E-state index contributed by atoms with van der Waals surface area (Å²) in [5.41, 5.74) is 7.61. The van der Waals surface area contributed by atoms with Crippen LogP contribution in [0, 0.1) is 11.3 Å². The minimum absolute atomic E-state index is 0.283.